The highest BCUT2D eigenvalue weighted by atomic mass is 32.2. The normalized spacial score (nSPS) is 13.9. The van der Waals surface area contributed by atoms with Crippen LogP contribution in [-0.4, -0.2) is 37.2 Å². The molecule has 0 saturated carbocycles. The standard InChI is InChI=1S/C12H19NO3S/c1-11(9-14)10-17(15,16)13(2)8-12-6-4-3-5-7-12/h3-7,11,14H,8-10H2,1-2H3. The van der Waals surface area contributed by atoms with Crippen LogP contribution in [0.2, 0.25) is 0 Å². The molecule has 0 aliphatic carbocycles. The Bertz CT molecular complexity index is 430. The summed E-state index contributed by atoms with van der Waals surface area (Å²) in [6.07, 6.45) is 0. The molecule has 4 nitrogen and oxygen atoms in total. The summed E-state index contributed by atoms with van der Waals surface area (Å²) < 4.78 is 25.2. The van der Waals surface area contributed by atoms with Crippen molar-refractivity contribution in [3.63, 3.8) is 0 Å². The Balaban J connectivity index is 2.67. The molecule has 1 N–H and O–H groups in total. The molecular formula is C12H19NO3S. The maximum atomic E-state index is 11.9. The van der Waals surface area contributed by atoms with Crippen molar-refractivity contribution in [3.05, 3.63) is 35.9 Å². The first kappa shape index (κ1) is 14.2. The molecular weight excluding hydrogens is 238 g/mol. The van der Waals surface area contributed by atoms with E-state index in [-0.39, 0.29) is 18.3 Å². The first-order chi connectivity index (χ1) is 7.95. The first-order valence-electron chi connectivity index (χ1n) is 5.54. The number of sulfonamides is 1. The molecule has 0 radical (unpaired) electrons. The van der Waals surface area contributed by atoms with Gasteiger partial charge in [0.15, 0.2) is 0 Å². The van der Waals surface area contributed by atoms with Gasteiger partial charge in [0.05, 0.1) is 5.75 Å². The number of hydrogen-bond acceptors (Lipinski definition) is 3. The zero-order valence-corrected chi connectivity index (χ0v) is 11.0. The summed E-state index contributed by atoms with van der Waals surface area (Å²) in [5, 5.41) is 8.89. The lowest BCUT2D eigenvalue weighted by Gasteiger charge is -2.19. The van der Waals surface area contributed by atoms with E-state index in [2.05, 4.69) is 0 Å². The average Bonchev–Trinajstić information content (AvgIpc) is 2.29. The van der Waals surface area contributed by atoms with E-state index in [0.29, 0.717) is 6.54 Å². The minimum Gasteiger partial charge on any atom is -0.396 e. The summed E-state index contributed by atoms with van der Waals surface area (Å²) in [5.41, 5.74) is 0.954. The second-order valence-electron chi connectivity index (χ2n) is 4.31. The van der Waals surface area contributed by atoms with Crippen molar-refractivity contribution in [1.82, 2.24) is 4.31 Å². The molecule has 0 aliphatic rings. The van der Waals surface area contributed by atoms with Gasteiger partial charge in [0, 0.05) is 20.2 Å². The third-order valence-electron chi connectivity index (χ3n) is 2.53. The summed E-state index contributed by atoms with van der Waals surface area (Å²) in [7, 11) is -1.73. The molecule has 1 rings (SSSR count). The van der Waals surface area contributed by atoms with Crippen molar-refractivity contribution < 1.29 is 13.5 Å². The second kappa shape index (κ2) is 6.14. The average molecular weight is 257 g/mol. The van der Waals surface area contributed by atoms with Crippen molar-refractivity contribution in [3.8, 4) is 0 Å². The molecule has 1 unspecified atom stereocenters. The lowest BCUT2D eigenvalue weighted by Crippen LogP contribution is -2.31. The lowest BCUT2D eigenvalue weighted by molar-refractivity contribution is 0.247. The molecule has 1 atom stereocenters. The monoisotopic (exact) mass is 257 g/mol. The first-order valence-corrected chi connectivity index (χ1v) is 7.15. The number of aliphatic hydroxyl groups is 1. The van der Waals surface area contributed by atoms with E-state index in [1.165, 1.54) is 4.31 Å². The predicted molar refractivity (Wildman–Crippen MR) is 67.9 cm³/mol. The number of rotatable bonds is 6. The van der Waals surface area contributed by atoms with Crippen LogP contribution in [0.25, 0.3) is 0 Å². The minimum atomic E-state index is -3.30. The molecule has 0 spiro atoms. The van der Waals surface area contributed by atoms with Crippen LogP contribution in [0.1, 0.15) is 12.5 Å². The maximum Gasteiger partial charge on any atom is 0.214 e. The quantitative estimate of drug-likeness (QED) is 0.829. The summed E-state index contributed by atoms with van der Waals surface area (Å²) in [5.74, 6) is -0.259. The molecule has 0 saturated heterocycles. The van der Waals surface area contributed by atoms with Gasteiger partial charge in [0.1, 0.15) is 0 Å². The fourth-order valence-corrected chi connectivity index (χ4v) is 2.90. The zero-order valence-electron chi connectivity index (χ0n) is 10.2. The van der Waals surface area contributed by atoms with Crippen LogP contribution in [-0.2, 0) is 16.6 Å². The van der Waals surface area contributed by atoms with Crippen LogP contribution in [0.3, 0.4) is 0 Å². The van der Waals surface area contributed by atoms with Gasteiger partial charge in [-0.1, -0.05) is 37.3 Å². The minimum absolute atomic E-state index is 0.0210. The maximum absolute atomic E-state index is 11.9. The SMILES string of the molecule is CC(CO)CS(=O)(=O)N(C)Cc1ccccc1. The molecule has 17 heavy (non-hydrogen) atoms. The van der Waals surface area contributed by atoms with Crippen LogP contribution in [0.5, 0.6) is 0 Å². The largest absolute Gasteiger partial charge is 0.396 e. The highest BCUT2D eigenvalue weighted by molar-refractivity contribution is 7.89. The fraction of sp³-hybridized carbons (Fsp3) is 0.500. The van der Waals surface area contributed by atoms with Crippen LogP contribution < -0.4 is 0 Å². The lowest BCUT2D eigenvalue weighted by atomic mass is 10.2. The molecule has 5 heteroatoms. The van der Waals surface area contributed by atoms with E-state index in [4.69, 9.17) is 5.11 Å². The third-order valence-corrected chi connectivity index (χ3v) is 4.60. The van der Waals surface area contributed by atoms with Crippen molar-refractivity contribution in [2.24, 2.45) is 5.92 Å². The van der Waals surface area contributed by atoms with Gasteiger partial charge < -0.3 is 5.11 Å². The Kier molecular flexibility index (Phi) is 5.11. The predicted octanol–water partition coefficient (Wildman–Crippen LogP) is 1.08. The second-order valence-corrected chi connectivity index (χ2v) is 6.43. The van der Waals surface area contributed by atoms with Crippen molar-refractivity contribution in [2.45, 2.75) is 13.5 Å². The van der Waals surface area contributed by atoms with Crippen LogP contribution in [0, 0.1) is 5.92 Å². The van der Waals surface area contributed by atoms with Gasteiger partial charge in [0.25, 0.3) is 0 Å². The topological polar surface area (TPSA) is 57.6 Å². The van der Waals surface area contributed by atoms with Gasteiger partial charge in [-0.2, -0.15) is 0 Å². The summed E-state index contributed by atoms with van der Waals surface area (Å²) in [4.78, 5) is 0. The highest BCUT2D eigenvalue weighted by Gasteiger charge is 2.20. The number of aliphatic hydroxyl groups excluding tert-OH is 1. The van der Waals surface area contributed by atoms with Crippen molar-refractivity contribution >= 4 is 10.0 Å². The van der Waals surface area contributed by atoms with Gasteiger partial charge in [-0.25, -0.2) is 12.7 Å². The van der Waals surface area contributed by atoms with Gasteiger partial charge in [-0.15, -0.1) is 0 Å². The van der Waals surface area contributed by atoms with E-state index in [1.54, 1.807) is 14.0 Å². The van der Waals surface area contributed by atoms with Gasteiger partial charge >= 0.3 is 0 Å². The Labute approximate surface area is 103 Å². The Hall–Kier alpha value is -0.910. The van der Waals surface area contributed by atoms with E-state index in [0.717, 1.165) is 5.56 Å². The van der Waals surface area contributed by atoms with E-state index < -0.39 is 10.0 Å². The molecule has 0 aliphatic heterocycles. The Morgan fingerprint density at radius 2 is 1.88 bits per heavy atom. The smallest absolute Gasteiger partial charge is 0.214 e. The Morgan fingerprint density at radius 3 is 2.41 bits per heavy atom. The third kappa shape index (κ3) is 4.46. The summed E-state index contributed by atoms with van der Waals surface area (Å²) in [6, 6.07) is 9.44. The van der Waals surface area contributed by atoms with E-state index >= 15 is 0 Å². The number of hydrogen-bond donors (Lipinski definition) is 1. The molecule has 0 bridgehead atoms. The van der Waals surface area contributed by atoms with Gasteiger partial charge in [0.2, 0.25) is 10.0 Å². The molecule has 96 valence electrons. The fourth-order valence-electron chi connectivity index (χ4n) is 1.48. The van der Waals surface area contributed by atoms with Crippen LogP contribution in [0.15, 0.2) is 30.3 Å². The molecule has 0 fully saturated rings. The zero-order chi connectivity index (χ0) is 12.9. The summed E-state index contributed by atoms with van der Waals surface area (Å²) >= 11 is 0. The van der Waals surface area contributed by atoms with Gasteiger partial charge in [-0.3, -0.25) is 0 Å². The Morgan fingerprint density at radius 1 is 1.29 bits per heavy atom. The molecule has 1 aromatic rings. The van der Waals surface area contributed by atoms with Gasteiger partial charge in [-0.05, 0) is 11.5 Å². The van der Waals surface area contributed by atoms with Crippen molar-refractivity contribution in [1.29, 1.82) is 0 Å². The highest BCUT2D eigenvalue weighted by Crippen LogP contribution is 2.10. The van der Waals surface area contributed by atoms with Crippen molar-refractivity contribution in [2.75, 3.05) is 19.4 Å². The molecule has 0 amide bonds. The number of benzene rings is 1. The molecule has 0 heterocycles. The van der Waals surface area contributed by atoms with Crippen LogP contribution in [0.4, 0.5) is 0 Å². The summed E-state index contributed by atoms with van der Waals surface area (Å²) in [6.45, 7) is 1.97. The number of nitrogens with zero attached hydrogens (tertiary/aromatic N) is 1. The molecule has 1 aromatic carbocycles. The molecule has 0 aromatic heterocycles. The van der Waals surface area contributed by atoms with Crippen LogP contribution >= 0.6 is 0 Å². The van der Waals surface area contributed by atoms with E-state index in [1.807, 2.05) is 30.3 Å². The van der Waals surface area contributed by atoms with E-state index in [9.17, 15) is 8.42 Å².